The van der Waals surface area contributed by atoms with Crippen molar-refractivity contribution in [2.75, 3.05) is 0 Å². The van der Waals surface area contributed by atoms with Crippen LogP contribution in [0.2, 0.25) is 0 Å². The highest BCUT2D eigenvalue weighted by atomic mass is 14.9. The van der Waals surface area contributed by atoms with E-state index in [0.29, 0.717) is 0 Å². The van der Waals surface area contributed by atoms with Crippen LogP contribution in [0.1, 0.15) is 52.7 Å². The zero-order valence-corrected chi connectivity index (χ0v) is 14.4. The lowest BCUT2D eigenvalue weighted by molar-refractivity contribution is 0.580. The smallest absolute Gasteiger partial charge is 0.0918 e. The molecule has 0 amide bonds. The second kappa shape index (κ2) is 4.77. The molecular formula is C20H24N2. The van der Waals surface area contributed by atoms with Crippen molar-refractivity contribution in [2.45, 2.75) is 52.6 Å². The van der Waals surface area contributed by atoms with E-state index in [4.69, 9.17) is 9.98 Å². The lowest BCUT2D eigenvalue weighted by atomic mass is 10.0. The van der Waals surface area contributed by atoms with Gasteiger partial charge in [-0.05, 0) is 46.9 Å². The molecular weight excluding hydrogens is 268 g/mol. The monoisotopic (exact) mass is 292 g/mol. The number of aliphatic imine (C=N–C) groups is 2. The number of benzene rings is 2. The molecule has 0 aromatic heterocycles. The van der Waals surface area contributed by atoms with Crippen LogP contribution >= 0.6 is 0 Å². The summed E-state index contributed by atoms with van der Waals surface area (Å²) in [5, 5.41) is 2.55. The summed E-state index contributed by atoms with van der Waals surface area (Å²) in [4.78, 5) is 10.00. The molecule has 2 nitrogen and oxygen atoms in total. The first-order chi connectivity index (χ1) is 10.2. The second-order valence-electron chi connectivity index (χ2n) is 7.97. The standard InChI is InChI=1S/C20H24N2/c1-19(2,3)21-17-14-11-7-9-13-10-8-12-15(16(13)14)18(17)22-20(4,5)6/h7-12H,1-6H3. The summed E-state index contributed by atoms with van der Waals surface area (Å²) in [6, 6.07) is 12.9. The quantitative estimate of drug-likeness (QED) is 0.650. The summed E-state index contributed by atoms with van der Waals surface area (Å²) in [6.07, 6.45) is 0. The van der Waals surface area contributed by atoms with Gasteiger partial charge in [-0.3, -0.25) is 9.98 Å². The van der Waals surface area contributed by atoms with Crippen LogP contribution in [0.15, 0.2) is 46.4 Å². The maximum atomic E-state index is 5.00. The fourth-order valence-electron chi connectivity index (χ4n) is 2.89. The molecule has 2 heteroatoms. The topological polar surface area (TPSA) is 24.7 Å². The molecule has 0 N–H and O–H groups in total. The molecule has 1 aliphatic rings. The van der Waals surface area contributed by atoms with E-state index in [-0.39, 0.29) is 11.1 Å². The highest BCUT2D eigenvalue weighted by molar-refractivity contribution is 6.61. The Kier molecular flexibility index (Phi) is 3.24. The highest BCUT2D eigenvalue weighted by Gasteiger charge is 2.29. The van der Waals surface area contributed by atoms with Crippen LogP contribution in [0.5, 0.6) is 0 Å². The van der Waals surface area contributed by atoms with Crippen LogP contribution in [0, 0.1) is 0 Å². The fourth-order valence-corrected chi connectivity index (χ4v) is 2.89. The van der Waals surface area contributed by atoms with Gasteiger partial charge in [0.1, 0.15) is 0 Å². The summed E-state index contributed by atoms with van der Waals surface area (Å²) in [5.74, 6) is 0. The average Bonchev–Trinajstić information content (AvgIpc) is 2.64. The van der Waals surface area contributed by atoms with Crippen LogP contribution in [0.3, 0.4) is 0 Å². The number of hydrogen-bond acceptors (Lipinski definition) is 2. The SMILES string of the molecule is CC(C)(C)N=C1C(=NC(C)(C)C)c2cccc3cccc1c23. The molecule has 0 aliphatic heterocycles. The molecule has 22 heavy (non-hydrogen) atoms. The molecule has 1 aliphatic carbocycles. The van der Waals surface area contributed by atoms with Crippen LogP contribution in [0.25, 0.3) is 10.8 Å². The Morgan fingerprint density at radius 2 is 1.05 bits per heavy atom. The molecule has 2 aromatic carbocycles. The largest absolute Gasteiger partial charge is 0.277 e. The van der Waals surface area contributed by atoms with Crippen LogP contribution in [-0.4, -0.2) is 22.5 Å². The van der Waals surface area contributed by atoms with Gasteiger partial charge in [-0.1, -0.05) is 36.4 Å². The van der Waals surface area contributed by atoms with E-state index in [1.165, 1.54) is 21.9 Å². The van der Waals surface area contributed by atoms with Gasteiger partial charge in [0.15, 0.2) is 0 Å². The number of nitrogens with zero attached hydrogens (tertiary/aromatic N) is 2. The van der Waals surface area contributed by atoms with Crippen molar-refractivity contribution in [3.63, 3.8) is 0 Å². The van der Waals surface area contributed by atoms with Gasteiger partial charge in [-0.15, -0.1) is 0 Å². The number of hydrogen-bond donors (Lipinski definition) is 0. The van der Waals surface area contributed by atoms with E-state index >= 15 is 0 Å². The minimum absolute atomic E-state index is 0.127. The Hall–Kier alpha value is -1.96. The molecule has 0 radical (unpaired) electrons. The first kappa shape index (κ1) is 15.0. The molecule has 0 unspecified atom stereocenters. The van der Waals surface area contributed by atoms with Gasteiger partial charge in [0.2, 0.25) is 0 Å². The Morgan fingerprint density at radius 1 is 0.636 bits per heavy atom. The van der Waals surface area contributed by atoms with Gasteiger partial charge in [0, 0.05) is 16.5 Å². The Bertz CT molecular complexity index is 732. The molecule has 0 heterocycles. The van der Waals surface area contributed by atoms with Crippen molar-refractivity contribution in [3.8, 4) is 0 Å². The summed E-state index contributed by atoms with van der Waals surface area (Å²) < 4.78 is 0. The van der Waals surface area contributed by atoms with Crippen molar-refractivity contribution < 1.29 is 0 Å². The molecule has 0 fully saturated rings. The Balaban J connectivity index is 2.37. The van der Waals surface area contributed by atoms with Crippen molar-refractivity contribution in [1.82, 2.24) is 0 Å². The lowest BCUT2D eigenvalue weighted by Gasteiger charge is -2.18. The fraction of sp³-hybridized carbons (Fsp3) is 0.400. The van der Waals surface area contributed by atoms with Crippen molar-refractivity contribution in [1.29, 1.82) is 0 Å². The molecule has 0 atom stereocenters. The molecule has 0 saturated heterocycles. The zero-order valence-electron chi connectivity index (χ0n) is 14.4. The highest BCUT2D eigenvalue weighted by Crippen LogP contribution is 2.33. The van der Waals surface area contributed by atoms with Gasteiger partial charge in [0.05, 0.1) is 22.5 Å². The van der Waals surface area contributed by atoms with Gasteiger partial charge >= 0.3 is 0 Å². The predicted octanol–water partition coefficient (Wildman–Crippen LogP) is 5.03. The van der Waals surface area contributed by atoms with E-state index in [1.807, 2.05) is 0 Å². The number of rotatable bonds is 0. The lowest BCUT2D eigenvalue weighted by Crippen LogP contribution is -2.23. The summed E-state index contributed by atoms with van der Waals surface area (Å²) in [7, 11) is 0. The summed E-state index contributed by atoms with van der Waals surface area (Å²) in [5.41, 5.74) is 4.25. The first-order valence-electron chi connectivity index (χ1n) is 7.88. The third-order valence-electron chi connectivity index (χ3n) is 3.53. The van der Waals surface area contributed by atoms with Gasteiger partial charge in [-0.2, -0.15) is 0 Å². The van der Waals surface area contributed by atoms with E-state index in [1.54, 1.807) is 0 Å². The van der Waals surface area contributed by atoms with Gasteiger partial charge in [-0.25, -0.2) is 0 Å². The minimum Gasteiger partial charge on any atom is -0.277 e. The van der Waals surface area contributed by atoms with Crippen LogP contribution < -0.4 is 0 Å². The Morgan fingerprint density at radius 3 is 1.41 bits per heavy atom. The van der Waals surface area contributed by atoms with E-state index in [9.17, 15) is 0 Å². The van der Waals surface area contributed by atoms with Crippen molar-refractivity contribution in [3.05, 3.63) is 47.5 Å². The third-order valence-corrected chi connectivity index (χ3v) is 3.53. The van der Waals surface area contributed by atoms with Crippen LogP contribution in [0.4, 0.5) is 0 Å². The molecule has 0 bridgehead atoms. The molecule has 3 rings (SSSR count). The van der Waals surface area contributed by atoms with Crippen molar-refractivity contribution >= 4 is 22.2 Å². The van der Waals surface area contributed by atoms with Crippen LogP contribution in [-0.2, 0) is 0 Å². The average molecular weight is 292 g/mol. The third kappa shape index (κ3) is 2.70. The van der Waals surface area contributed by atoms with E-state index < -0.39 is 0 Å². The normalized spacial score (nSPS) is 18.6. The predicted molar refractivity (Wildman–Crippen MR) is 96.5 cm³/mol. The van der Waals surface area contributed by atoms with Gasteiger partial charge < -0.3 is 0 Å². The molecule has 0 saturated carbocycles. The van der Waals surface area contributed by atoms with Crippen molar-refractivity contribution in [2.24, 2.45) is 9.98 Å². The molecule has 2 aromatic rings. The maximum absolute atomic E-state index is 5.00. The first-order valence-corrected chi connectivity index (χ1v) is 7.88. The maximum Gasteiger partial charge on any atom is 0.0918 e. The molecule has 114 valence electrons. The zero-order chi connectivity index (χ0) is 16.1. The summed E-state index contributed by atoms with van der Waals surface area (Å²) in [6.45, 7) is 12.8. The minimum atomic E-state index is -0.127. The van der Waals surface area contributed by atoms with E-state index in [0.717, 1.165) is 11.4 Å². The summed E-state index contributed by atoms with van der Waals surface area (Å²) >= 11 is 0. The van der Waals surface area contributed by atoms with Gasteiger partial charge in [0.25, 0.3) is 0 Å². The second-order valence-corrected chi connectivity index (χ2v) is 7.97. The Labute approximate surface area is 133 Å². The van der Waals surface area contributed by atoms with E-state index in [2.05, 4.69) is 77.9 Å². The molecule has 0 spiro atoms.